The molecule has 1 amide bonds. The highest BCUT2D eigenvalue weighted by atomic mass is 79.9. The molecule has 0 unspecified atom stereocenters. The van der Waals surface area contributed by atoms with Crippen LogP contribution in [0.15, 0.2) is 71.2 Å². The van der Waals surface area contributed by atoms with Gasteiger partial charge in [-0.15, -0.1) is 0 Å². The van der Waals surface area contributed by atoms with Crippen LogP contribution in [0.5, 0.6) is 0 Å². The van der Waals surface area contributed by atoms with E-state index in [1.165, 1.54) is 0 Å². The maximum Gasteiger partial charge on any atom is 0.256 e. The third-order valence-corrected chi connectivity index (χ3v) is 4.57. The number of hydrogen-bond donors (Lipinski definition) is 1. The summed E-state index contributed by atoms with van der Waals surface area (Å²) in [6.07, 6.45) is 0. The molecule has 3 aromatic rings. The molecule has 116 valence electrons. The fourth-order valence-electron chi connectivity index (χ4n) is 3.03. The lowest BCUT2D eigenvalue weighted by Gasteiger charge is -2.09. The molecular formula is C20H12BrNO2. The second-order valence-electron chi connectivity index (χ2n) is 5.57. The van der Waals surface area contributed by atoms with Crippen molar-refractivity contribution in [2.24, 2.45) is 0 Å². The van der Waals surface area contributed by atoms with Gasteiger partial charge in [0.2, 0.25) is 0 Å². The van der Waals surface area contributed by atoms with E-state index in [-0.39, 0.29) is 11.7 Å². The monoisotopic (exact) mass is 377 g/mol. The van der Waals surface area contributed by atoms with Crippen molar-refractivity contribution in [2.45, 2.75) is 0 Å². The van der Waals surface area contributed by atoms with Crippen LogP contribution in [0.1, 0.15) is 26.3 Å². The van der Waals surface area contributed by atoms with Crippen molar-refractivity contribution in [3.63, 3.8) is 0 Å². The topological polar surface area (TPSA) is 46.2 Å². The van der Waals surface area contributed by atoms with E-state index in [9.17, 15) is 9.59 Å². The molecule has 0 bridgehead atoms. The molecule has 4 rings (SSSR count). The molecule has 1 aliphatic carbocycles. The summed E-state index contributed by atoms with van der Waals surface area (Å²) >= 11 is 3.38. The van der Waals surface area contributed by atoms with E-state index < -0.39 is 0 Å². The maximum atomic E-state index is 12.7. The molecule has 0 saturated carbocycles. The van der Waals surface area contributed by atoms with Crippen LogP contribution in [-0.2, 0) is 0 Å². The van der Waals surface area contributed by atoms with Gasteiger partial charge in [-0.2, -0.15) is 0 Å². The first-order valence-corrected chi connectivity index (χ1v) is 8.28. The van der Waals surface area contributed by atoms with E-state index in [1.807, 2.05) is 54.6 Å². The molecule has 0 spiro atoms. The van der Waals surface area contributed by atoms with Crippen LogP contribution in [0.3, 0.4) is 0 Å². The number of nitrogens with one attached hydrogen (secondary N) is 1. The van der Waals surface area contributed by atoms with E-state index in [0.29, 0.717) is 22.4 Å². The zero-order valence-electron chi connectivity index (χ0n) is 12.5. The first-order valence-electron chi connectivity index (χ1n) is 7.49. The Hall–Kier alpha value is -2.72. The van der Waals surface area contributed by atoms with E-state index in [1.54, 1.807) is 12.1 Å². The smallest absolute Gasteiger partial charge is 0.256 e. The summed E-state index contributed by atoms with van der Waals surface area (Å²) in [5.41, 5.74) is 3.90. The standard InChI is InChI=1S/C20H12BrNO2/c21-12-5-3-6-13(11-12)22-20(24)17-10-4-9-15-14-7-1-2-8-16(14)19(23)18(15)17/h1-11H,(H,22,24). The molecule has 24 heavy (non-hydrogen) atoms. The molecule has 1 aliphatic rings. The predicted octanol–water partition coefficient (Wildman–Crippen LogP) is 4.91. The highest BCUT2D eigenvalue weighted by Crippen LogP contribution is 2.38. The second-order valence-corrected chi connectivity index (χ2v) is 6.48. The lowest BCUT2D eigenvalue weighted by atomic mass is 10.0. The number of halogens is 1. The molecule has 1 N–H and O–H groups in total. The average molecular weight is 378 g/mol. The van der Waals surface area contributed by atoms with Crippen LogP contribution in [-0.4, -0.2) is 11.7 Å². The minimum Gasteiger partial charge on any atom is -0.322 e. The second kappa shape index (κ2) is 5.73. The van der Waals surface area contributed by atoms with Crippen molar-refractivity contribution in [3.8, 4) is 11.1 Å². The first kappa shape index (κ1) is 14.8. The van der Waals surface area contributed by atoms with E-state index in [4.69, 9.17) is 0 Å². The Morgan fingerprint density at radius 2 is 1.54 bits per heavy atom. The quantitative estimate of drug-likeness (QED) is 0.539. The van der Waals surface area contributed by atoms with Gasteiger partial charge in [-0.05, 0) is 35.4 Å². The molecule has 0 aromatic heterocycles. The molecule has 4 heteroatoms. The Kier molecular flexibility index (Phi) is 3.54. The number of ketones is 1. The number of fused-ring (bicyclic) bond motifs is 3. The number of carbonyl (C=O) groups is 2. The van der Waals surface area contributed by atoms with Crippen LogP contribution >= 0.6 is 15.9 Å². The van der Waals surface area contributed by atoms with Crippen molar-refractivity contribution >= 4 is 33.3 Å². The molecular weight excluding hydrogens is 366 g/mol. The third-order valence-electron chi connectivity index (χ3n) is 4.08. The molecule has 3 aromatic carbocycles. The number of amides is 1. The number of anilines is 1. The number of carbonyl (C=O) groups excluding carboxylic acids is 2. The van der Waals surface area contributed by atoms with Gasteiger partial charge in [-0.25, -0.2) is 0 Å². The van der Waals surface area contributed by atoms with Crippen LogP contribution in [0.25, 0.3) is 11.1 Å². The highest BCUT2D eigenvalue weighted by molar-refractivity contribution is 9.10. The number of hydrogen-bond acceptors (Lipinski definition) is 2. The summed E-state index contributed by atoms with van der Waals surface area (Å²) in [6, 6.07) is 20.2. The van der Waals surface area contributed by atoms with Crippen molar-refractivity contribution < 1.29 is 9.59 Å². The lowest BCUT2D eigenvalue weighted by Crippen LogP contribution is -2.15. The van der Waals surface area contributed by atoms with Crippen LogP contribution in [0.4, 0.5) is 5.69 Å². The van der Waals surface area contributed by atoms with Crippen molar-refractivity contribution in [3.05, 3.63) is 87.9 Å². The molecule has 0 atom stereocenters. The van der Waals surface area contributed by atoms with Gasteiger partial charge in [-0.1, -0.05) is 58.4 Å². The normalized spacial score (nSPS) is 11.8. The molecule has 0 heterocycles. The summed E-state index contributed by atoms with van der Waals surface area (Å²) in [4.78, 5) is 25.4. The van der Waals surface area contributed by atoms with Gasteiger partial charge in [0.25, 0.3) is 5.91 Å². The SMILES string of the molecule is O=C(Nc1cccc(Br)c1)c1cccc2c1C(=O)c1ccccc1-2. The van der Waals surface area contributed by atoms with E-state index in [2.05, 4.69) is 21.2 Å². The largest absolute Gasteiger partial charge is 0.322 e. The Labute approximate surface area is 147 Å². The third kappa shape index (κ3) is 2.36. The summed E-state index contributed by atoms with van der Waals surface area (Å²) in [6.45, 7) is 0. The first-order chi connectivity index (χ1) is 11.6. The Morgan fingerprint density at radius 3 is 2.33 bits per heavy atom. The van der Waals surface area contributed by atoms with Gasteiger partial charge < -0.3 is 5.32 Å². The van der Waals surface area contributed by atoms with Gasteiger partial charge in [0.1, 0.15) is 0 Å². The Balaban J connectivity index is 1.76. The van der Waals surface area contributed by atoms with E-state index >= 15 is 0 Å². The van der Waals surface area contributed by atoms with Crippen LogP contribution < -0.4 is 5.32 Å². The zero-order valence-corrected chi connectivity index (χ0v) is 14.1. The van der Waals surface area contributed by atoms with Gasteiger partial charge in [0, 0.05) is 21.3 Å². The molecule has 0 fully saturated rings. The Morgan fingerprint density at radius 1 is 0.833 bits per heavy atom. The number of benzene rings is 3. The fraction of sp³-hybridized carbons (Fsp3) is 0. The highest BCUT2D eigenvalue weighted by Gasteiger charge is 2.30. The Bertz CT molecular complexity index is 994. The maximum absolute atomic E-state index is 12.7. The summed E-state index contributed by atoms with van der Waals surface area (Å²) in [7, 11) is 0. The molecule has 0 aliphatic heterocycles. The van der Waals surface area contributed by atoms with Crippen molar-refractivity contribution in [1.29, 1.82) is 0 Å². The molecule has 3 nitrogen and oxygen atoms in total. The van der Waals surface area contributed by atoms with Crippen molar-refractivity contribution in [1.82, 2.24) is 0 Å². The minimum absolute atomic E-state index is 0.0967. The average Bonchev–Trinajstić information content (AvgIpc) is 2.88. The van der Waals surface area contributed by atoms with Crippen molar-refractivity contribution in [2.75, 3.05) is 5.32 Å². The molecule has 0 saturated heterocycles. The summed E-state index contributed by atoms with van der Waals surface area (Å²) in [5, 5.41) is 2.85. The lowest BCUT2D eigenvalue weighted by molar-refractivity contribution is 0.0999. The summed E-state index contributed by atoms with van der Waals surface area (Å²) in [5.74, 6) is -0.383. The van der Waals surface area contributed by atoms with Crippen LogP contribution in [0, 0.1) is 0 Å². The predicted molar refractivity (Wildman–Crippen MR) is 97.4 cm³/mol. The van der Waals surface area contributed by atoms with Gasteiger partial charge in [0.15, 0.2) is 5.78 Å². The van der Waals surface area contributed by atoms with Gasteiger partial charge in [0.05, 0.1) is 5.56 Å². The zero-order chi connectivity index (χ0) is 16.7. The minimum atomic E-state index is -0.286. The van der Waals surface area contributed by atoms with Gasteiger partial charge in [-0.3, -0.25) is 9.59 Å². The van der Waals surface area contributed by atoms with Crippen LogP contribution in [0.2, 0.25) is 0 Å². The molecule has 0 radical (unpaired) electrons. The fourth-order valence-corrected chi connectivity index (χ4v) is 3.43. The summed E-state index contributed by atoms with van der Waals surface area (Å²) < 4.78 is 0.877. The van der Waals surface area contributed by atoms with E-state index in [0.717, 1.165) is 15.6 Å². The van der Waals surface area contributed by atoms with Gasteiger partial charge >= 0.3 is 0 Å². The number of rotatable bonds is 2.